The number of hydrogen-bond acceptors (Lipinski definition) is 8. The number of carbonyl (C=O) groups excluding carboxylic acids is 1. The maximum atomic E-state index is 14.8. The van der Waals surface area contributed by atoms with Crippen LogP contribution in [0.1, 0.15) is 32.3 Å². The Morgan fingerprint density at radius 2 is 1.97 bits per heavy atom. The summed E-state index contributed by atoms with van der Waals surface area (Å²) < 4.78 is 45.8. The van der Waals surface area contributed by atoms with Gasteiger partial charge in [-0.1, -0.05) is 0 Å². The van der Waals surface area contributed by atoms with Gasteiger partial charge in [0.1, 0.15) is 24.1 Å². The lowest BCUT2D eigenvalue weighted by Gasteiger charge is -2.32. The van der Waals surface area contributed by atoms with Crippen LogP contribution in [-0.2, 0) is 20.9 Å². The molecule has 1 aromatic carbocycles. The molecule has 178 valence electrons. The average molecular weight is 478 g/mol. The number of hydrogen-bond donors (Lipinski definition) is 1. The van der Waals surface area contributed by atoms with Crippen LogP contribution in [0.15, 0.2) is 29.4 Å². The number of amides is 1. The van der Waals surface area contributed by atoms with E-state index in [4.69, 9.17) is 14.3 Å². The van der Waals surface area contributed by atoms with Gasteiger partial charge < -0.3 is 19.3 Å². The van der Waals surface area contributed by atoms with Crippen molar-refractivity contribution in [3.63, 3.8) is 0 Å². The summed E-state index contributed by atoms with van der Waals surface area (Å²) in [5, 5.41) is 0. The maximum Gasteiger partial charge on any atom is 0.410 e. The molecule has 0 aliphatic carbocycles. The molecule has 0 unspecified atom stereocenters. The summed E-state index contributed by atoms with van der Waals surface area (Å²) in [6.45, 7) is 5.24. The molecule has 1 saturated heterocycles. The summed E-state index contributed by atoms with van der Waals surface area (Å²) in [5.41, 5.74) is 1.12. The van der Waals surface area contributed by atoms with Gasteiger partial charge in [0.15, 0.2) is 0 Å². The van der Waals surface area contributed by atoms with Crippen molar-refractivity contribution in [2.75, 3.05) is 30.8 Å². The Kier molecular flexibility index (Phi) is 6.42. The molecule has 1 N–H and O–H groups in total. The number of likely N-dealkylation sites (tertiary alicyclic amines) is 1. The van der Waals surface area contributed by atoms with Crippen molar-refractivity contribution in [2.24, 2.45) is 0 Å². The van der Waals surface area contributed by atoms with Crippen molar-refractivity contribution < 1.29 is 22.9 Å². The number of fused-ring (bicyclic) bond motifs is 1. The number of rotatable bonds is 5. The SMILES string of the molecule is CC(C)OC(=O)N1CCC(Oc2ncnc3c2CCN3c2ccc([S@@](C)(=N)=O)cc2F)CC1. The normalized spacial score (nSPS) is 18.2. The van der Waals surface area contributed by atoms with E-state index in [9.17, 15) is 13.4 Å². The van der Waals surface area contributed by atoms with Gasteiger partial charge in [-0.05, 0) is 38.5 Å². The standard InChI is InChI=1S/C22H28FN5O4S/c1-14(2)31-22(29)27-9-6-15(7-10-27)32-21-17-8-11-28(20(17)25-13-26-21)19-5-4-16(12-18(19)23)33(3,24)30/h4-5,12-15,24H,6-11H2,1-3H3/t33-/m0/s1. The van der Waals surface area contributed by atoms with E-state index in [2.05, 4.69) is 9.97 Å². The van der Waals surface area contributed by atoms with Gasteiger partial charge in [-0.15, -0.1) is 0 Å². The zero-order valence-electron chi connectivity index (χ0n) is 18.9. The van der Waals surface area contributed by atoms with Gasteiger partial charge in [0, 0.05) is 43.6 Å². The van der Waals surface area contributed by atoms with Crippen molar-refractivity contribution in [3.8, 4) is 5.88 Å². The Bertz CT molecular complexity index is 1150. The highest BCUT2D eigenvalue weighted by molar-refractivity contribution is 7.91. The predicted molar refractivity (Wildman–Crippen MR) is 121 cm³/mol. The average Bonchev–Trinajstić information content (AvgIpc) is 3.18. The number of aromatic nitrogens is 2. The van der Waals surface area contributed by atoms with Crippen molar-refractivity contribution in [2.45, 2.75) is 50.2 Å². The summed E-state index contributed by atoms with van der Waals surface area (Å²) in [6.07, 6.45) is 4.03. The van der Waals surface area contributed by atoms with Crippen molar-refractivity contribution in [1.29, 1.82) is 4.78 Å². The molecule has 2 aliphatic rings. The van der Waals surface area contributed by atoms with Crippen LogP contribution in [0.3, 0.4) is 0 Å². The lowest BCUT2D eigenvalue weighted by molar-refractivity contribution is 0.0505. The molecule has 1 atom stereocenters. The number of anilines is 2. The largest absolute Gasteiger partial charge is 0.474 e. The van der Waals surface area contributed by atoms with E-state index in [1.54, 1.807) is 9.80 Å². The van der Waals surface area contributed by atoms with Gasteiger partial charge in [0.05, 0.1) is 27.1 Å². The first-order valence-corrected chi connectivity index (χ1v) is 12.9. The highest BCUT2D eigenvalue weighted by Crippen LogP contribution is 2.38. The van der Waals surface area contributed by atoms with Gasteiger partial charge >= 0.3 is 6.09 Å². The van der Waals surface area contributed by atoms with Crippen LogP contribution < -0.4 is 9.64 Å². The van der Waals surface area contributed by atoms with E-state index in [-0.39, 0.29) is 23.2 Å². The van der Waals surface area contributed by atoms with Crippen LogP contribution in [0.5, 0.6) is 5.88 Å². The molecule has 1 aromatic heterocycles. The monoisotopic (exact) mass is 477 g/mol. The number of benzene rings is 1. The van der Waals surface area contributed by atoms with Crippen LogP contribution in [-0.4, -0.2) is 63.3 Å². The molecule has 0 saturated carbocycles. The molecule has 2 aliphatic heterocycles. The summed E-state index contributed by atoms with van der Waals surface area (Å²) in [7, 11) is -3.00. The first-order valence-electron chi connectivity index (χ1n) is 10.9. The topological polar surface area (TPSA) is 109 Å². The number of ether oxygens (including phenoxy) is 2. The summed E-state index contributed by atoms with van der Waals surface area (Å²) in [6, 6.07) is 4.20. The molecule has 11 heteroatoms. The number of nitrogens with zero attached hydrogens (tertiary/aromatic N) is 4. The Morgan fingerprint density at radius 3 is 2.61 bits per heavy atom. The lowest BCUT2D eigenvalue weighted by atomic mass is 10.1. The molecular weight excluding hydrogens is 449 g/mol. The fraction of sp³-hybridized carbons (Fsp3) is 0.500. The highest BCUT2D eigenvalue weighted by atomic mass is 32.2. The van der Waals surface area contributed by atoms with Gasteiger partial charge in [-0.3, -0.25) is 0 Å². The van der Waals surface area contributed by atoms with E-state index in [0.717, 1.165) is 11.6 Å². The van der Waals surface area contributed by atoms with Crippen molar-refractivity contribution >= 4 is 27.3 Å². The highest BCUT2D eigenvalue weighted by Gasteiger charge is 2.31. The smallest absolute Gasteiger partial charge is 0.410 e. The van der Waals surface area contributed by atoms with Gasteiger partial charge in [-0.2, -0.15) is 0 Å². The molecule has 2 aromatic rings. The number of piperidine rings is 1. The fourth-order valence-electron chi connectivity index (χ4n) is 4.04. The van der Waals surface area contributed by atoms with Crippen LogP contribution in [0.25, 0.3) is 0 Å². The van der Waals surface area contributed by atoms with Crippen LogP contribution in [0.4, 0.5) is 20.7 Å². The zero-order chi connectivity index (χ0) is 23.8. The van der Waals surface area contributed by atoms with Gasteiger partial charge in [-0.25, -0.2) is 28.1 Å². The van der Waals surface area contributed by atoms with E-state index in [1.807, 2.05) is 13.8 Å². The Balaban J connectivity index is 1.47. The summed E-state index contributed by atoms with van der Waals surface area (Å²) in [5.74, 6) is 0.502. The van der Waals surface area contributed by atoms with E-state index < -0.39 is 15.5 Å². The number of halogens is 1. The minimum absolute atomic E-state index is 0.0908. The van der Waals surface area contributed by atoms with Crippen molar-refractivity contribution in [3.05, 3.63) is 35.9 Å². The predicted octanol–water partition coefficient (Wildman–Crippen LogP) is 3.73. The molecular formula is C22H28FN5O4S. The molecule has 0 radical (unpaired) electrons. The maximum absolute atomic E-state index is 14.8. The number of nitrogens with one attached hydrogen (secondary N) is 1. The first-order chi connectivity index (χ1) is 15.6. The third kappa shape index (κ3) is 5.02. The lowest BCUT2D eigenvalue weighted by Crippen LogP contribution is -2.42. The summed E-state index contributed by atoms with van der Waals surface area (Å²) in [4.78, 5) is 24.3. The minimum Gasteiger partial charge on any atom is -0.474 e. The van der Waals surface area contributed by atoms with E-state index >= 15 is 0 Å². The molecule has 9 nitrogen and oxygen atoms in total. The fourth-order valence-corrected chi connectivity index (χ4v) is 4.70. The minimum atomic E-state index is -3.00. The third-order valence-electron chi connectivity index (χ3n) is 5.70. The molecule has 4 rings (SSSR count). The second-order valence-corrected chi connectivity index (χ2v) is 10.7. The molecule has 0 bridgehead atoms. The first kappa shape index (κ1) is 23.2. The zero-order valence-corrected chi connectivity index (χ0v) is 19.7. The second-order valence-electron chi connectivity index (χ2n) is 8.58. The van der Waals surface area contributed by atoms with Crippen LogP contribution in [0.2, 0.25) is 0 Å². The Labute approximate surface area is 192 Å². The van der Waals surface area contributed by atoms with Crippen LogP contribution >= 0.6 is 0 Å². The van der Waals surface area contributed by atoms with E-state index in [1.165, 1.54) is 24.7 Å². The third-order valence-corrected chi connectivity index (χ3v) is 6.85. The molecule has 33 heavy (non-hydrogen) atoms. The van der Waals surface area contributed by atoms with Crippen molar-refractivity contribution in [1.82, 2.24) is 14.9 Å². The van der Waals surface area contributed by atoms with Crippen LogP contribution in [0, 0.1) is 10.6 Å². The number of carbonyl (C=O) groups is 1. The Hall–Kier alpha value is -2.95. The molecule has 1 amide bonds. The second kappa shape index (κ2) is 9.12. The Morgan fingerprint density at radius 1 is 1.24 bits per heavy atom. The van der Waals surface area contributed by atoms with E-state index in [0.29, 0.717) is 56.3 Å². The van der Waals surface area contributed by atoms with Gasteiger partial charge in [0.2, 0.25) is 5.88 Å². The van der Waals surface area contributed by atoms with Gasteiger partial charge in [0.25, 0.3) is 0 Å². The molecule has 1 fully saturated rings. The summed E-state index contributed by atoms with van der Waals surface area (Å²) >= 11 is 0. The molecule has 0 spiro atoms. The quantitative estimate of drug-likeness (QED) is 0.699. The molecule has 3 heterocycles.